The van der Waals surface area contributed by atoms with E-state index in [-0.39, 0.29) is 11.9 Å². The largest absolute Gasteiger partial charge is 0.324 e. The van der Waals surface area contributed by atoms with Gasteiger partial charge in [-0.1, -0.05) is 18.2 Å². The Hall–Kier alpha value is -1.00. The number of rotatable bonds is 5. The molecule has 1 aromatic carbocycles. The first-order valence-electron chi connectivity index (χ1n) is 6.84. The molecule has 2 atom stereocenters. The minimum absolute atomic E-state index is 0.0794. The Morgan fingerprint density at radius 3 is 3.05 bits per heavy atom. The minimum Gasteiger partial charge on any atom is -0.324 e. The molecule has 0 bridgehead atoms. The molecule has 19 heavy (non-hydrogen) atoms. The molecule has 3 nitrogen and oxygen atoms in total. The molecule has 0 saturated carbocycles. The Labute approximate surface area is 119 Å². The number of fused-ring (bicyclic) bond motifs is 1. The molecule has 1 aromatic rings. The lowest BCUT2D eigenvalue weighted by Gasteiger charge is -2.20. The van der Waals surface area contributed by atoms with E-state index in [0.717, 1.165) is 30.7 Å². The van der Waals surface area contributed by atoms with Gasteiger partial charge in [-0.3, -0.25) is 4.79 Å². The van der Waals surface area contributed by atoms with Crippen LogP contribution in [0.15, 0.2) is 24.3 Å². The summed E-state index contributed by atoms with van der Waals surface area (Å²) in [6.07, 6.45) is 5.02. The molecule has 0 aliphatic carbocycles. The van der Waals surface area contributed by atoms with Gasteiger partial charge in [0.15, 0.2) is 0 Å². The summed E-state index contributed by atoms with van der Waals surface area (Å²) >= 11 is 1.85. The van der Waals surface area contributed by atoms with Crippen LogP contribution in [0, 0.1) is 0 Å². The van der Waals surface area contributed by atoms with E-state index < -0.39 is 0 Å². The maximum atomic E-state index is 12.2. The van der Waals surface area contributed by atoms with Crippen molar-refractivity contribution in [2.45, 2.75) is 38.3 Å². The monoisotopic (exact) mass is 278 g/mol. The lowest BCUT2D eigenvalue weighted by molar-refractivity contribution is -0.118. The van der Waals surface area contributed by atoms with Crippen molar-refractivity contribution in [3.8, 4) is 0 Å². The molecule has 2 unspecified atom stereocenters. The van der Waals surface area contributed by atoms with E-state index in [4.69, 9.17) is 0 Å². The van der Waals surface area contributed by atoms with E-state index in [1.807, 2.05) is 30.0 Å². The first kappa shape index (κ1) is 14.4. The molecule has 4 heteroatoms. The van der Waals surface area contributed by atoms with Gasteiger partial charge >= 0.3 is 0 Å². The molecule has 0 radical (unpaired) electrons. The Balaban J connectivity index is 1.96. The maximum absolute atomic E-state index is 12.2. The van der Waals surface area contributed by atoms with Crippen LogP contribution in [0.4, 0.5) is 5.69 Å². The highest BCUT2D eigenvalue weighted by Crippen LogP contribution is 2.21. The third kappa shape index (κ3) is 3.98. The van der Waals surface area contributed by atoms with Crippen molar-refractivity contribution >= 4 is 23.4 Å². The number of hydrogen-bond acceptors (Lipinski definition) is 3. The first-order valence-corrected chi connectivity index (χ1v) is 8.24. The number of aryl methyl sites for hydroxylation is 1. The molecule has 2 N–H and O–H groups in total. The Kier molecular flexibility index (Phi) is 5.28. The predicted molar refractivity (Wildman–Crippen MR) is 82.8 cm³/mol. The average molecular weight is 278 g/mol. The summed E-state index contributed by atoms with van der Waals surface area (Å²) in [6.45, 7) is 2.15. The second-order valence-electron chi connectivity index (χ2n) is 5.09. The summed E-state index contributed by atoms with van der Waals surface area (Å²) in [4.78, 5) is 12.2. The number of nitrogens with one attached hydrogen (secondary N) is 2. The van der Waals surface area contributed by atoms with Crippen LogP contribution in [-0.4, -0.2) is 30.0 Å². The molecule has 104 valence electrons. The maximum Gasteiger partial charge on any atom is 0.241 e. The summed E-state index contributed by atoms with van der Waals surface area (Å²) in [5.41, 5.74) is 2.20. The van der Waals surface area contributed by atoms with Gasteiger partial charge in [-0.05, 0) is 49.8 Å². The topological polar surface area (TPSA) is 41.1 Å². The van der Waals surface area contributed by atoms with Gasteiger partial charge in [0, 0.05) is 11.7 Å². The van der Waals surface area contributed by atoms with Crippen LogP contribution in [0.2, 0.25) is 0 Å². The van der Waals surface area contributed by atoms with E-state index in [0.29, 0.717) is 6.04 Å². The van der Waals surface area contributed by atoms with Gasteiger partial charge in [-0.2, -0.15) is 11.8 Å². The highest BCUT2D eigenvalue weighted by Gasteiger charge is 2.24. The van der Waals surface area contributed by atoms with Gasteiger partial charge in [0.1, 0.15) is 0 Å². The second-order valence-corrected chi connectivity index (χ2v) is 6.07. The highest BCUT2D eigenvalue weighted by molar-refractivity contribution is 7.98. The van der Waals surface area contributed by atoms with Crippen molar-refractivity contribution in [1.82, 2.24) is 5.32 Å². The lowest BCUT2D eigenvalue weighted by atomic mass is 10.1. The summed E-state index contributed by atoms with van der Waals surface area (Å²) in [5, 5.41) is 6.48. The number of carbonyl (C=O) groups excluding carboxylic acids is 1. The van der Waals surface area contributed by atoms with E-state index in [1.54, 1.807) is 0 Å². The van der Waals surface area contributed by atoms with Crippen LogP contribution in [0.25, 0.3) is 0 Å². The number of para-hydroxylation sites is 1. The Morgan fingerprint density at radius 2 is 2.26 bits per heavy atom. The van der Waals surface area contributed by atoms with Crippen molar-refractivity contribution in [2.24, 2.45) is 0 Å². The van der Waals surface area contributed by atoms with E-state index in [1.165, 1.54) is 5.56 Å². The van der Waals surface area contributed by atoms with Crippen LogP contribution in [0.3, 0.4) is 0 Å². The summed E-state index contributed by atoms with van der Waals surface area (Å²) in [5.74, 6) is 1.23. The van der Waals surface area contributed by atoms with Crippen LogP contribution in [0.1, 0.15) is 25.3 Å². The Bertz CT molecular complexity index is 436. The molecule has 1 heterocycles. The van der Waals surface area contributed by atoms with Crippen molar-refractivity contribution in [1.29, 1.82) is 0 Å². The number of anilines is 1. The van der Waals surface area contributed by atoms with Gasteiger partial charge in [0.05, 0.1) is 6.04 Å². The van der Waals surface area contributed by atoms with Gasteiger partial charge in [-0.25, -0.2) is 0 Å². The standard InChI is InChI=1S/C15H22N2OS/c1-11(9-10-19-2)16-14-8-7-12-5-3-4-6-13(12)17-15(14)18/h3-6,11,14,16H,7-10H2,1-2H3,(H,17,18). The summed E-state index contributed by atoms with van der Waals surface area (Å²) in [7, 11) is 0. The van der Waals surface area contributed by atoms with Crippen LogP contribution in [-0.2, 0) is 11.2 Å². The lowest BCUT2D eigenvalue weighted by Crippen LogP contribution is -2.44. The van der Waals surface area contributed by atoms with Crippen LogP contribution in [0.5, 0.6) is 0 Å². The van der Waals surface area contributed by atoms with Crippen molar-refractivity contribution in [2.75, 3.05) is 17.3 Å². The number of hydrogen-bond donors (Lipinski definition) is 2. The third-order valence-corrected chi connectivity index (χ3v) is 4.18. The molecule has 0 saturated heterocycles. The second kappa shape index (κ2) is 6.96. The number of amides is 1. The number of benzene rings is 1. The van der Waals surface area contributed by atoms with Crippen LogP contribution >= 0.6 is 11.8 Å². The SMILES string of the molecule is CSCCC(C)NC1CCc2ccccc2NC1=O. The fourth-order valence-electron chi connectivity index (χ4n) is 2.39. The molecule has 0 aromatic heterocycles. The van der Waals surface area contributed by atoms with Gasteiger partial charge in [-0.15, -0.1) is 0 Å². The van der Waals surface area contributed by atoms with Crippen molar-refractivity contribution < 1.29 is 4.79 Å². The van der Waals surface area contributed by atoms with Gasteiger partial charge in [0.2, 0.25) is 5.91 Å². The zero-order valence-corrected chi connectivity index (χ0v) is 12.4. The number of carbonyl (C=O) groups is 1. The van der Waals surface area contributed by atoms with Gasteiger partial charge < -0.3 is 10.6 Å². The smallest absolute Gasteiger partial charge is 0.241 e. The fourth-order valence-corrected chi connectivity index (χ4v) is 2.98. The number of thioether (sulfide) groups is 1. The highest BCUT2D eigenvalue weighted by atomic mass is 32.2. The van der Waals surface area contributed by atoms with E-state index in [9.17, 15) is 4.79 Å². The average Bonchev–Trinajstić information content (AvgIpc) is 2.56. The normalized spacial score (nSPS) is 20.3. The molecule has 0 spiro atoms. The molecule has 2 rings (SSSR count). The molecular formula is C15H22N2OS. The van der Waals surface area contributed by atoms with E-state index >= 15 is 0 Å². The molecule has 0 fully saturated rings. The fraction of sp³-hybridized carbons (Fsp3) is 0.533. The predicted octanol–water partition coefficient (Wildman–Crippen LogP) is 2.67. The Morgan fingerprint density at radius 1 is 1.47 bits per heavy atom. The van der Waals surface area contributed by atoms with Crippen molar-refractivity contribution in [3.05, 3.63) is 29.8 Å². The zero-order valence-electron chi connectivity index (χ0n) is 11.6. The first-order chi connectivity index (χ1) is 9.20. The van der Waals surface area contributed by atoms with E-state index in [2.05, 4.69) is 29.9 Å². The third-order valence-electron chi connectivity index (χ3n) is 3.53. The molecule has 1 aliphatic rings. The van der Waals surface area contributed by atoms with Gasteiger partial charge in [0.25, 0.3) is 0 Å². The quantitative estimate of drug-likeness (QED) is 0.870. The molecule has 1 amide bonds. The minimum atomic E-state index is -0.0794. The summed E-state index contributed by atoms with van der Waals surface area (Å²) < 4.78 is 0. The molecular weight excluding hydrogens is 256 g/mol. The van der Waals surface area contributed by atoms with Crippen LogP contribution < -0.4 is 10.6 Å². The van der Waals surface area contributed by atoms with Crippen molar-refractivity contribution in [3.63, 3.8) is 0 Å². The zero-order chi connectivity index (χ0) is 13.7. The molecule has 1 aliphatic heterocycles. The summed E-state index contributed by atoms with van der Waals surface area (Å²) in [6, 6.07) is 8.36.